The summed E-state index contributed by atoms with van der Waals surface area (Å²) in [5.74, 6) is 0.497. The van der Waals surface area contributed by atoms with Gasteiger partial charge in [0.25, 0.3) is 5.56 Å². The van der Waals surface area contributed by atoms with Gasteiger partial charge >= 0.3 is 0 Å². The van der Waals surface area contributed by atoms with Crippen molar-refractivity contribution >= 4 is 27.0 Å². The Balaban J connectivity index is 1.27. The number of likely N-dealkylation sites (N-methyl/N-ethyl adjacent to an activating group) is 1. The SMILES string of the molecule is CN1CC/C(=C\S(=O)(=O)N2CCC(Nc3ncc4ccc(=O)n(C5CCCC5)c4n3)CC2)C1. The molecule has 2 aliphatic heterocycles. The monoisotopic (exact) mass is 472 g/mol. The second-order valence-electron chi connectivity index (χ2n) is 9.58. The van der Waals surface area contributed by atoms with Gasteiger partial charge in [-0.3, -0.25) is 9.36 Å². The molecule has 5 rings (SSSR count). The molecule has 0 atom stereocenters. The van der Waals surface area contributed by atoms with Crippen molar-refractivity contribution in [3.63, 3.8) is 0 Å². The molecule has 0 radical (unpaired) electrons. The Bertz CT molecular complexity index is 1210. The third-order valence-electron chi connectivity index (χ3n) is 7.11. The van der Waals surface area contributed by atoms with E-state index in [1.807, 2.05) is 11.6 Å². The fraction of sp³-hybridized carbons (Fsp3) is 0.609. The summed E-state index contributed by atoms with van der Waals surface area (Å²) in [4.78, 5) is 23.9. The van der Waals surface area contributed by atoms with Crippen molar-refractivity contribution < 1.29 is 8.42 Å². The molecule has 3 fully saturated rings. The van der Waals surface area contributed by atoms with Gasteiger partial charge in [0.15, 0.2) is 0 Å². The van der Waals surface area contributed by atoms with Gasteiger partial charge in [-0.15, -0.1) is 0 Å². The van der Waals surface area contributed by atoms with Gasteiger partial charge in [-0.05, 0) is 50.8 Å². The highest BCUT2D eigenvalue weighted by Gasteiger charge is 2.28. The van der Waals surface area contributed by atoms with E-state index >= 15 is 0 Å². The lowest BCUT2D eigenvalue weighted by Gasteiger charge is -2.31. The molecule has 4 heterocycles. The summed E-state index contributed by atoms with van der Waals surface area (Å²) < 4.78 is 29.0. The molecule has 2 aromatic heterocycles. The molecule has 1 saturated carbocycles. The molecule has 0 amide bonds. The zero-order valence-corrected chi connectivity index (χ0v) is 19.9. The highest BCUT2D eigenvalue weighted by molar-refractivity contribution is 7.92. The van der Waals surface area contributed by atoms with Gasteiger partial charge in [-0.25, -0.2) is 13.4 Å². The Labute approximate surface area is 194 Å². The first-order chi connectivity index (χ1) is 15.9. The number of aromatic nitrogens is 3. The minimum absolute atomic E-state index is 0.0138. The van der Waals surface area contributed by atoms with E-state index in [1.54, 1.807) is 22.6 Å². The van der Waals surface area contributed by atoms with Crippen LogP contribution in [0.1, 0.15) is 51.0 Å². The van der Waals surface area contributed by atoms with Crippen molar-refractivity contribution in [3.8, 4) is 0 Å². The van der Waals surface area contributed by atoms with Crippen LogP contribution in [0.15, 0.2) is 34.1 Å². The van der Waals surface area contributed by atoms with Crippen LogP contribution >= 0.6 is 0 Å². The second kappa shape index (κ2) is 9.15. The number of piperidine rings is 1. The molecule has 0 spiro atoms. The van der Waals surface area contributed by atoms with E-state index in [0.717, 1.165) is 56.2 Å². The molecule has 2 saturated heterocycles. The molecule has 0 aromatic carbocycles. The number of hydrogen-bond acceptors (Lipinski definition) is 7. The Morgan fingerprint density at radius 3 is 2.55 bits per heavy atom. The fourth-order valence-corrected chi connectivity index (χ4v) is 6.76. The normalized spacial score (nSPS) is 23.1. The number of fused-ring (bicyclic) bond motifs is 1. The third-order valence-corrected chi connectivity index (χ3v) is 8.82. The third kappa shape index (κ3) is 4.83. The summed E-state index contributed by atoms with van der Waals surface area (Å²) in [6.07, 6.45) is 8.24. The van der Waals surface area contributed by atoms with Crippen LogP contribution in [0.3, 0.4) is 0 Å². The first-order valence-corrected chi connectivity index (χ1v) is 13.4. The van der Waals surface area contributed by atoms with E-state index in [4.69, 9.17) is 4.98 Å². The summed E-state index contributed by atoms with van der Waals surface area (Å²) in [6.45, 7) is 2.58. The number of nitrogens with one attached hydrogen (secondary N) is 1. The number of nitrogens with zero attached hydrogens (tertiary/aromatic N) is 5. The van der Waals surface area contributed by atoms with Crippen LogP contribution in [0, 0.1) is 0 Å². The van der Waals surface area contributed by atoms with Crippen molar-refractivity contribution in [3.05, 3.63) is 39.7 Å². The predicted octanol–water partition coefficient (Wildman–Crippen LogP) is 2.33. The Kier molecular flexibility index (Phi) is 6.24. The Morgan fingerprint density at radius 2 is 1.85 bits per heavy atom. The number of pyridine rings is 1. The van der Waals surface area contributed by atoms with Crippen LogP contribution in [0.25, 0.3) is 11.0 Å². The van der Waals surface area contributed by atoms with Crippen molar-refractivity contribution in [2.45, 2.75) is 57.0 Å². The first-order valence-electron chi connectivity index (χ1n) is 11.9. The van der Waals surface area contributed by atoms with Gasteiger partial charge in [-0.2, -0.15) is 9.29 Å². The average Bonchev–Trinajstić information content (AvgIpc) is 3.45. The molecule has 1 N–H and O–H groups in total. The van der Waals surface area contributed by atoms with E-state index in [2.05, 4.69) is 15.2 Å². The molecular weight excluding hydrogens is 440 g/mol. The van der Waals surface area contributed by atoms with E-state index in [9.17, 15) is 13.2 Å². The van der Waals surface area contributed by atoms with Crippen LogP contribution in [0.5, 0.6) is 0 Å². The van der Waals surface area contributed by atoms with E-state index < -0.39 is 10.0 Å². The minimum atomic E-state index is -3.39. The highest BCUT2D eigenvalue weighted by Crippen LogP contribution is 2.30. The van der Waals surface area contributed by atoms with E-state index in [1.165, 1.54) is 5.41 Å². The standard InChI is InChI=1S/C23H32N6O3S/c1-27-11-8-17(15-27)16-33(31,32)28-12-9-19(10-13-28)25-23-24-14-18-6-7-21(30)29(22(18)26-23)20-4-2-3-5-20/h6-7,14,16,19-20H,2-5,8-13,15H2,1H3,(H,24,25,26)/b17-16+. The average molecular weight is 473 g/mol. The lowest BCUT2D eigenvalue weighted by Crippen LogP contribution is -2.42. The number of sulfonamides is 1. The van der Waals surface area contributed by atoms with Crippen LogP contribution < -0.4 is 10.9 Å². The topological polar surface area (TPSA) is 100 Å². The van der Waals surface area contributed by atoms with Gasteiger partial charge in [-0.1, -0.05) is 12.8 Å². The predicted molar refractivity (Wildman–Crippen MR) is 129 cm³/mol. The maximum atomic E-state index is 12.8. The molecule has 2 aromatic rings. The zero-order valence-electron chi connectivity index (χ0n) is 19.1. The molecule has 9 nitrogen and oxygen atoms in total. The maximum absolute atomic E-state index is 12.8. The van der Waals surface area contributed by atoms with Crippen LogP contribution in [0.2, 0.25) is 0 Å². The molecule has 0 unspecified atom stereocenters. The van der Waals surface area contributed by atoms with Crippen LogP contribution in [-0.2, 0) is 10.0 Å². The van der Waals surface area contributed by atoms with Crippen molar-refractivity contribution in [1.82, 2.24) is 23.7 Å². The first kappa shape index (κ1) is 22.5. The molecule has 33 heavy (non-hydrogen) atoms. The number of rotatable bonds is 5. The minimum Gasteiger partial charge on any atom is -0.351 e. The molecule has 0 bridgehead atoms. The number of likely N-dealkylation sites (tertiary alicyclic amines) is 1. The Hall–Kier alpha value is -2.30. The second-order valence-corrected chi connectivity index (χ2v) is 11.4. The molecule has 3 aliphatic rings. The van der Waals surface area contributed by atoms with Crippen LogP contribution in [-0.4, -0.2) is 71.4 Å². The van der Waals surface area contributed by atoms with Gasteiger partial charge in [0.2, 0.25) is 16.0 Å². The molecule has 10 heteroatoms. The quantitative estimate of drug-likeness (QED) is 0.713. The summed E-state index contributed by atoms with van der Waals surface area (Å²) in [5, 5.41) is 5.71. The number of hydrogen-bond donors (Lipinski definition) is 1. The Morgan fingerprint density at radius 1 is 1.09 bits per heavy atom. The highest BCUT2D eigenvalue weighted by atomic mass is 32.2. The smallest absolute Gasteiger partial charge is 0.252 e. The summed E-state index contributed by atoms with van der Waals surface area (Å²) in [7, 11) is -1.38. The van der Waals surface area contributed by atoms with Gasteiger partial charge in [0.1, 0.15) is 5.65 Å². The van der Waals surface area contributed by atoms with Crippen LogP contribution in [0.4, 0.5) is 5.95 Å². The van der Waals surface area contributed by atoms with Crippen molar-refractivity contribution in [2.75, 3.05) is 38.5 Å². The molecule has 1 aliphatic carbocycles. The summed E-state index contributed by atoms with van der Waals surface area (Å²) in [5.41, 5.74) is 1.65. The van der Waals surface area contributed by atoms with E-state index in [0.29, 0.717) is 37.5 Å². The van der Waals surface area contributed by atoms with Gasteiger partial charge < -0.3 is 10.2 Å². The zero-order chi connectivity index (χ0) is 23.0. The molecule has 178 valence electrons. The lowest BCUT2D eigenvalue weighted by atomic mass is 10.1. The van der Waals surface area contributed by atoms with Crippen molar-refractivity contribution in [2.24, 2.45) is 0 Å². The number of anilines is 1. The summed E-state index contributed by atoms with van der Waals surface area (Å²) >= 11 is 0. The molecular formula is C23H32N6O3S. The lowest BCUT2D eigenvalue weighted by molar-refractivity contribution is 0.332. The van der Waals surface area contributed by atoms with E-state index in [-0.39, 0.29) is 17.6 Å². The largest absolute Gasteiger partial charge is 0.351 e. The fourth-order valence-electron chi connectivity index (χ4n) is 5.28. The summed E-state index contributed by atoms with van der Waals surface area (Å²) in [6, 6.07) is 3.68. The van der Waals surface area contributed by atoms with Crippen molar-refractivity contribution in [1.29, 1.82) is 0 Å². The maximum Gasteiger partial charge on any atom is 0.252 e. The van der Waals surface area contributed by atoms with Gasteiger partial charge in [0.05, 0.1) is 0 Å². The van der Waals surface area contributed by atoms with Gasteiger partial charge in [0, 0.05) is 61.3 Å².